The number of aromatic nitrogens is 2. The molecule has 0 saturated carbocycles. The van der Waals surface area contributed by atoms with Gasteiger partial charge in [0.15, 0.2) is 11.5 Å². The Morgan fingerprint density at radius 1 is 1.44 bits per heavy atom. The number of fused-ring (bicyclic) bond motifs is 3. The highest BCUT2D eigenvalue weighted by atomic mass is 35.5. The first kappa shape index (κ1) is 17.8. The molecule has 1 aromatic carbocycles. The summed E-state index contributed by atoms with van der Waals surface area (Å²) < 4.78 is 10.9. The van der Waals surface area contributed by atoms with Gasteiger partial charge < -0.3 is 19.8 Å². The Bertz CT molecular complexity index is 1090. The number of amides is 1. The number of hydrogen-bond donors (Lipinski definition) is 2. The average molecular weight is 388 g/mol. The Kier molecular flexibility index (Phi) is 4.09. The number of hydrogen-bond acceptors (Lipinski definition) is 5. The van der Waals surface area contributed by atoms with Gasteiger partial charge in [0, 0.05) is 17.0 Å². The van der Waals surface area contributed by atoms with E-state index in [0.717, 1.165) is 16.3 Å². The van der Waals surface area contributed by atoms with Crippen molar-refractivity contribution in [2.24, 2.45) is 5.92 Å². The first-order valence-corrected chi connectivity index (χ1v) is 8.80. The van der Waals surface area contributed by atoms with Gasteiger partial charge in [0.05, 0.1) is 35.0 Å². The third kappa shape index (κ3) is 2.74. The molecule has 1 aliphatic heterocycles. The van der Waals surface area contributed by atoms with Crippen LogP contribution in [-0.2, 0) is 14.3 Å². The van der Waals surface area contributed by atoms with E-state index in [9.17, 15) is 9.59 Å². The van der Waals surface area contributed by atoms with Gasteiger partial charge >= 0.3 is 0 Å². The Morgan fingerprint density at radius 2 is 2.22 bits per heavy atom. The second kappa shape index (κ2) is 6.21. The first-order chi connectivity index (χ1) is 12.8. The lowest BCUT2D eigenvalue weighted by Crippen LogP contribution is -2.40. The second-order valence-electron chi connectivity index (χ2n) is 7.02. The van der Waals surface area contributed by atoms with Crippen LogP contribution in [0.5, 0.6) is 5.75 Å². The van der Waals surface area contributed by atoms with Crippen LogP contribution in [-0.4, -0.2) is 41.0 Å². The largest absolute Gasteiger partial charge is 0.493 e. The van der Waals surface area contributed by atoms with E-state index < -0.39 is 17.4 Å². The molecule has 2 aromatic heterocycles. The van der Waals surface area contributed by atoms with Crippen molar-refractivity contribution >= 4 is 50.8 Å². The number of ether oxygens (including phenoxy) is 2. The Morgan fingerprint density at radius 3 is 2.89 bits per heavy atom. The van der Waals surface area contributed by atoms with E-state index in [1.54, 1.807) is 32.3 Å². The molecule has 1 aliphatic rings. The topological polar surface area (TPSA) is 93.3 Å². The summed E-state index contributed by atoms with van der Waals surface area (Å²) >= 11 is 6.40. The molecular formula is C19H18ClN3O4. The molecule has 1 saturated heterocycles. The number of carbonyl (C=O) groups excluding carboxylic acids is 2. The van der Waals surface area contributed by atoms with E-state index in [-0.39, 0.29) is 12.4 Å². The maximum absolute atomic E-state index is 12.9. The minimum atomic E-state index is -0.915. The van der Waals surface area contributed by atoms with E-state index in [4.69, 9.17) is 21.1 Å². The van der Waals surface area contributed by atoms with E-state index in [2.05, 4.69) is 15.3 Å². The van der Waals surface area contributed by atoms with Gasteiger partial charge in [-0.3, -0.25) is 14.6 Å². The number of methoxy groups -OCH3 is 1. The van der Waals surface area contributed by atoms with Crippen LogP contribution in [0.2, 0.25) is 5.02 Å². The van der Waals surface area contributed by atoms with Crippen LogP contribution in [0, 0.1) is 5.92 Å². The maximum atomic E-state index is 12.9. The standard InChI is InChI=1S/C19H18ClN3O4/c1-19(2)14(13(24)8-27-19)18(25)23-16-15-10(6-11(20)17(16)26-3)9-4-5-21-7-12(9)22-15/h4-7,14,22H,8H2,1-3H3,(H,23,25). The number of nitrogens with zero attached hydrogens (tertiary/aromatic N) is 1. The molecule has 7 nitrogen and oxygen atoms in total. The van der Waals surface area contributed by atoms with Crippen molar-refractivity contribution in [1.82, 2.24) is 9.97 Å². The quantitative estimate of drug-likeness (QED) is 0.672. The highest BCUT2D eigenvalue weighted by Crippen LogP contribution is 2.42. The minimum absolute atomic E-state index is 0.0781. The number of H-pyrrole nitrogens is 1. The SMILES string of the molecule is COc1c(Cl)cc2c([nH]c3cnccc32)c1NC(=O)C1C(=O)COC1(C)C. The first-order valence-electron chi connectivity index (χ1n) is 8.43. The molecule has 27 heavy (non-hydrogen) atoms. The van der Waals surface area contributed by atoms with Crippen molar-refractivity contribution in [2.45, 2.75) is 19.4 Å². The lowest BCUT2D eigenvalue weighted by molar-refractivity contribution is -0.130. The molecule has 3 heterocycles. The predicted molar refractivity (Wildman–Crippen MR) is 102 cm³/mol. The van der Waals surface area contributed by atoms with Gasteiger partial charge in [-0.2, -0.15) is 0 Å². The third-order valence-corrected chi connectivity index (χ3v) is 5.20. The number of pyridine rings is 1. The number of rotatable bonds is 3. The van der Waals surface area contributed by atoms with Gasteiger partial charge in [0.2, 0.25) is 5.91 Å². The second-order valence-corrected chi connectivity index (χ2v) is 7.42. The van der Waals surface area contributed by atoms with E-state index in [1.807, 2.05) is 6.07 Å². The fraction of sp³-hybridized carbons (Fsp3) is 0.316. The summed E-state index contributed by atoms with van der Waals surface area (Å²) in [5, 5.41) is 4.92. The monoisotopic (exact) mass is 387 g/mol. The van der Waals surface area contributed by atoms with Crippen molar-refractivity contribution in [3.05, 3.63) is 29.5 Å². The van der Waals surface area contributed by atoms with Crippen LogP contribution in [0.15, 0.2) is 24.5 Å². The maximum Gasteiger partial charge on any atom is 0.238 e. The van der Waals surface area contributed by atoms with E-state index >= 15 is 0 Å². The van der Waals surface area contributed by atoms with Crippen LogP contribution in [0.3, 0.4) is 0 Å². The number of nitrogens with one attached hydrogen (secondary N) is 2. The number of halogens is 1. The summed E-state index contributed by atoms with van der Waals surface area (Å²) in [6.07, 6.45) is 3.38. The van der Waals surface area contributed by atoms with Gasteiger partial charge in [-0.05, 0) is 26.0 Å². The van der Waals surface area contributed by atoms with Crippen LogP contribution in [0.4, 0.5) is 5.69 Å². The molecule has 1 unspecified atom stereocenters. The molecule has 3 aromatic rings. The van der Waals surface area contributed by atoms with Crippen molar-refractivity contribution in [3.8, 4) is 5.75 Å². The predicted octanol–water partition coefficient (Wildman–Crippen LogP) is 3.31. The molecule has 0 aliphatic carbocycles. The highest BCUT2D eigenvalue weighted by molar-refractivity contribution is 6.35. The van der Waals surface area contributed by atoms with Gasteiger partial charge in [0.1, 0.15) is 18.2 Å². The van der Waals surface area contributed by atoms with Gasteiger partial charge in [-0.15, -0.1) is 0 Å². The Balaban J connectivity index is 1.87. The van der Waals surface area contributed by atoms with E-state index in [0.29, 0.717) is 22.0 Å². The summed E-state index contributed by atoms with van der Waals surface area (Å²) in [5.41, 5.74) is 0.956. The number of benzene rings is 1. The number of aromatic amines is 1. The van der Waals surface area contributed by atoms with Gasteiger partial charge in [0.25, 0.3) is 0 Å². The normalized spacial score (nSPS) is 19.0. The summed E-state index contributed by atoms with van der Waals surface area (Å²) in [4.78, 5) is 32.5. The van der Waals surface area contributed by atoms with Crippen molar-refractivity contribution < 1.29 is 19.1 Å². The van der Waals surface area contributed by atoms with Gasteiger partial charge in [-0.1, -0.05) is 11.6 Å². The zero-order chi connectivity index (χ0) is 19.3. The van der Waals surface area contributed by atoms with E-state index in [1.165, 1.54) is 7.11 Å². The summed E-state index contributed by atoms with van der Waals surface area (Å²) in [5.74, 6) is -1.31. The van der Waals surface area contributed by atoms with Crippen LogP contribution >= 0.6 is 11.6 Å². The van der Waals surface area contributed by atoms with Crippen LogP contribution in [0.1, 0.15) is 13.8 Å². The van der Waals surface area contributed by atoms with Crippen molar-refractivity contribution in [2.75, 3.05) is 19.0 Å². The third-order valence-electron chi connectivity index (χ3n) is 4.92. The lowest BCUT2D eigenvalue weighted by Gasteiger charge is -2.24. The Hall–Kier alpha value is -2.64. The molecule has 0 spiro atoms. The van der Waals surface area contributed by atoms with Crippen LogP contribution < -0.4 is 10.1 Å². The number of carbonyl (C=O) groups is 2. The highest BCUT2D eigenvalue weighted by Gasteiger charge is 2.47. The summed E-state index contributed by atoms with van der Waals surface area (Å²) in [6.45, 7) is 3.37. The molecule has 140 valence electrons. The lowest BCUT2D eigenvalue weighted by atomic mass is 9.89. The summed E-state index contributed by atoms with van der Waals surface area (Å²) in [6, 6.07) is 3.64. The van der Waals surface area contributed by atoms with Crippen LogP contribution in [0.25, 0.3) is 21.8 Å². The van der Waals surface area contributed by atoms with Gasteiger partial charge in [-0.25, -0.2) is 0 Å². The fourth-order valence-corrected chi connectivity index (χ4v) is 3.91. The minimum Gasteiger partial charge on any atom is -0.493 e. The molecule has 1 amide bonds. The zero-order valence-corrected chi connectivity index (χ0v) is 15.8. The molecule has 1 fully saturated rings. The molecule has 8 heteroatoms. The smallest absolute Gasteiger partial charge is 0.238 e. The van der Waals surface area contributed by atoms with Crippen molar-refractivity contribution in [3.63, 3.8) is 0 Å². The summed E-state index contributed by atoms with van der Waals surface area (Å²) in [7, 11) is 1.47. The molecular weight excluding hydrogens is 370 g/mol. The molecule has 0 bridgehead atoms. The molecule has 0 radical (unpaired) electrons. The number of ketones is 1. The number of Topliss-reactive ketones (excluding diaryl/α,β-unsaturated/α-hetero) is 1. The molecule has 1 atom stereocenters. The number of anilines is 1. The average Bonchev–Trinajstić information content (AvgIpc) is 3.12. The molecule has 4 rings (SSSR count). The molecule has 2 N–H and O–H groups in total. The Labute approximate surface area is 160 Å². The zero-order valence-electron chi connectivity index (χ0n) is 15.1. The fourth-order valence-electron chi connectivity index (χ4n) is 3.63. The van der Waals surface area contributed by atoms with Crippen molar-refractivity contribution in [1.29, 1.82) is 0 Å².